The number of hydrogen-bond donors (Lipinski definition) is 2. The van der Waals surface area contributed by atoms with Crippen LogP contribution < -0.4 is 5.32 Å². The molecule has 0 rings (SSSR count). The van der Waals surface area contributed by atoms with Crippen LogP contribution in [0, 0.1) is 0 Å². The van der Waals surface area contributed by atoms with Gasteiger partial charge in [-0.1, -0.05) is 0 Å². The van der Waals surface area contributed by atoms with Crippen molar-refractivity contribution in [1.29, 1.82) is 0 Å². The first-order valence-electron chi connectivity index (χ1n) is 1.18. The Morgan fingerprint density at radius 2 is 2.00 bits per heavy atom. The minimum absolute atomic E-state index is 0. The molecule has 2 N–H and O–H groups in total. The summed E-state index contributed by atoms with van der Waals surface area (Å²) in [6.45, 7) is 0. The number of carbonyl (C=O) groups is 1. The fourth-order valence-electron chi connectivity index (χ4n) is 0. The molecule has 6 heavy (non-hydrogen) atoms. The molecule has 0 saturated carbocycles. The topological polar surface area (TPSA) is 49.3 Å². The summed E-state index contributed by atoms with van der Waals surface area (Å²) >= 11 is 0. The Bertz CT molecular complexity index is 46.8. The highest BCUT2D eigenvalue weighted by Crippen LogP contribution is 1.45. The maximum absolute atomic E-state index is 9.26. The van der Waals surface area contributed by atoms with Gasteiger partial charge in [0.1, 0.15) is 0 Å². The van der Waals surface area contributed by atoms with Gasteiger partial charge >= 0.3 is 6.09 Å². The van der Waals surface area contributed by atoms with E-state index in [0.717, 1.165) is 0 Å². The highest BCUT2D eigenvalue weighted by Gasteiger charge is 1.76. The Hall–Kier alpha value is -0.300. The second-order valence-electron chi connectivity index (χ2n) is 0.555. The van der Waals surface area contributed by atoms with Crippen molar-refractivity contribution in [3.8, 4) is 0 Å². The molecule has 0 fully saturated rings. The van der Waals surface area contributed by atoms with E-state index in [1.165, 1.54) is 7.05 Å². The number of amides is 1. The third kappa shape index (κ3) is 9.33. The first-order valence-corrected chi connectivity index (χ1v) is 1.18. The molecule has 38 valence electrons. The van der Waals surface area contributed by atoms with Crippen molar-refractivity contribution in [2.24, 2.45) is 0 Å². The number of carboxylic acid groups (broad SMARTS) is 1. The smallest absolute Gasteiger partial charge is 0.404 e. The zero-order valence-electron chi connectivity index (χ0n) is 3.56. The van der Waals surface area contributed by atoms with Crippen molar-refractivity contribution >= 4 is 16.0 Å². The van der Waals surface area contributed by atoms with E-state index in [-0.39, 0.29) is 9.90 Å². The lowest BCUT2D eigenvalue weighted by molar-refractivity contribution is 0.197. The third-order valence-electron chi connectivity index (χ3n) is 0.214. The highest BCUT2D eigenvalue weighted by atomic mass is 31.0. The van der Waals surface area contributed by atoms with Crippen LogP contribution in [-0.4, -0.2) is 18.2 Å². The van der Waals surface area contributed by atoms with E-state index in [2.05, 4.69) is 0 Å². The maximum Gasteiger partial charge on any atom is 0.404 e. The monoisotopic (exact) mass is 109 g/mol. The lowest BCUT2D eigenvalue weighted by Crippen LogP contribution is -2.13. The van der Waals surface area contributed by atoms with Crippen molar-refractivity contribution in [3.63, 3.8) is 0 Å². The zero-order valence-corrected chi connectivity index (χ0v) is 4.98. The van der Waals surface area contributed by atoms with Gasteiger partial charge in [-0.25, -0.2) is 4.79 Å². The van der Waals surface area contributed by atoms with Gasteiger partial charge in [-0.2, -0.15) is 9.90 Å². The summed E-state index contributed by atoms with van der Waals surface area (Å²) in [5.41, 5.74) is 0. The molecular weight excluding hydrogens is 101 g/mol. The number of hydrogen-bond acceptors (Lipinski definition) is 1. The largest absolute Gasteiger partial charge is 0.465 e. The minimum atomic E-state index is -0.995. The van der Waals surface area contributed by atoms with Crippen LogP contribution in [0.15, 0.2) is 0 Å². The van der Waals surface area contributed by atoms with Gasteiger partial charge in [-0.3, -0.25) is 0 Å². The fourth-order valence-corrected chi connectivity index (χ4v) is 0. The molecule has 0 aromatic carbocycles. The molecule has 4 heteroatoms. The molecule has 0 aliphatic rings. The van der Waals surface area contributed by atoms with Gasteiger partial charge in [-0.05, 0) is 0 Å². The molecular formula is C2H8NO2P. The molecule has 0 saturated heterocycles. The SMILES string of the molecule is CNC(=O)O.P. The average Bonchev–Trinajstić information content (AvgIpc) is 1.38. The predicted octanol–water partition coefficient (Wildman–Crippen LogP) is -0.0581. The lowest BCUT2D eigenvalue weighted by Gasteiger charge is -1.78. The summed E-state index contributed by atoms with van der Waals surface area (Å²) in [5.74, 6) is 0. The normalized spacial score (nSPS) is 5.50. The summed E-state index contributed by atoms with van der Waals surface area (Å²) in [4.78, 5) is 9.26. The van der Waals surface area contributed by atoms with Crippen molar-refractivity contribution in [2.45, 2.75) is 0 Å². The first kappa shape index (κ1) is 9.20. The van der Waals surface area contributed by atoms with Crippen LogP contribution >= 0.6 is 9.90 Å². The van der Waals surface area contributed by atoms with E-state index in [1.54, 1.807) is 0 Å². The summed E-state index contributed by atoms with van der Waals surface area (Å²) < 4.78 is 0. The Morgan fingerprint density at radius 1 is 1.83 bits per heavy atom. The van der Waals surface area contributed by atoms with Gasteiger partial charge in [-0.15, -0.1) is 0 Å². The Morgan fingerprint density at radius 3 is 2.00 bits per heavy atom. The van der Waals surface area contributed by atoms with Crippen LogP contribution in [0.5, 0.6) is 0 Å². The van der Waals surface area contributed by atoms with Crippen molar-refractivity contribution in [2.75, 3.05) is 7.05 Å². The van der Waals surface area contributed by atoms with E-state index in [9.17, 15) is 4.79 Å². The maximum atomic E-state index is 9.26. The van der Waals surface area contributed by atoms with Gasteiger partial charge < -0.3 is 10.4 Å². The molecule has 1 atom stereocenters. The minimum Gasteiger partial charge on any atom is -0.465 e. The second-order valence-corrected chi connectivity index (χ2v) is 0.555. The molecule has 0 aliphatic carbocycles. The van der Waals surface area contributed by atoms with E-state index in [4.69, 9.17) is 5.11 Å². The molecule has 0 aliphatic heterocycles. The summed E-state index contributed by atoms with van der Waals surface area (Å²) in [6.07, 6.45) is -0.995. The van der Waals surface area contributed by atoms with Crippen LogP contribution in [0.2, 0.25) is 0 Å². The molecule has 3 nitrogen and oxygen atoms in total. The summed E-state index contributed by atoms with van der Waals surface area (Å²) in [5, 5.41) is 9.56. The highest BCUT2D eigenvalue weighted by molar-refractivity contribution is 6.92. The second kappa shape index (κ2) is 4.70. The van der Waals surface area contributed by atoms with Crippen LogP contribution in [0.25, 0.3) is 0 Å². The molecule has 0 spiro atoms. The van der Waals surface area contributed by atoms with Crippen molar-refractivity contribution < 1.29 is 9.90 Å². The lowest BCUT2D eigenvalue weighted by atomic mass is 11.1. The Labute approximate surface area is 39.4 Å². The first-order chi connectivity index (χ1) is 2.27. The van der Waals surface area contributed by atoms with Crippen LogP contribution in [0.4, 0.5) is 4.79 Å². The van der Waals surface area contributed by atoms with Crippen molar-refractivity contribution in [3.05, 3.63) is 0 Å². The van der Waals surface area contributed by atoms with Crippen molar-refractivity contribution in [1.82, 2.24) is 5.32 Å². The number of nitrogens with one attached hydrogen (secondary N) is 1. The summed E-state index contributed by atoms with van der Waals surface area (Å²) in [6, 6.07) is 0. The average molecular weight is 109 g/mol. The Balaban J connectivity index is 0. The van der Waals surface area contributed by atoms with E-state index in [0.29, 0.717) is 0 Å². The van der Waals surface area contributed by atoms with Crippen LogP contribution in [0.3, 0.4) is 0 Å². The van der Waals surface area contributed by atoms with Gasteiger partial charge in [0, 0.05) is 7.05 Å². The fraction of sp³-hybridized carbons (Fsp3) is 0.500. The third-order valence-corrected chi connectivity index (χ3v) is 0.214. The van der Waals surface area contributed by atoms with Crippen LogP contribution in [0.1, 0.15) is 0 Å². The molecule has 0 aromatic rings. The molecule has 0 bridgehead atoms. The molecule has 0 heterocycles. The van der Waals surface area contributed by atoms with Crippen LogP contribution in [-0.2, 0) is 0 Å². The molecule has 0 aromatic heterocycles. The van der Waals surface area contributed by atoms with Gasteiger partial charge in [0.15, 0.2) is 0 Å². The zero-order chi connectivity index (χ0) is 4.28. The standard InChI is InChI=1S/C2H5NO2.H3P/c1-3-2(4)5;/h3H,1H3,(H,4,5);1H3. The van der Waals surface area contributed by atoms with E-state index >= 15 is 0 Å². The predicted molar refractivity (Wildman–Crippen MR) is 28.2 cm³/mol. The van der Waals surface area contributed by atoms with E-state index in [1.807, 2.05) is 5.32 Å². The quantitative estimate of drug-likeness (QED) is 0.428. The number of rotatable bonds is 0. The van der Waals surface area contributed by atoms with Gasteiger partial charge in [0.2, 0.25) is 0 Å². The van der Waals surface area contributed by atoms with Gasteiger partial charge in [0.05, 0.1) is 0 Å². The molecule has 1 amide bonds. The molecule has 0 radical (unpaired) electrons. The van der Waals surface area contributed by atoms with Gasteiger partial charge in [0.25, 0.3) is 0 Å². The summed E-state index contributed by atoms with van der Waals surface area (Å²) in [7, 11) is 1.35. The molecule has 1 unspecified atom stereocenters. The van der Waals surface area contributed by atoms with E-state index < -0.39 is 6.09 Å². The Kier molecular flexibility index (Phi) is 7.20.